The van der Waals surface area contributed by atoms with Crippen LogP contribution in [0.1, 0.15) is 64.7 Å². The zero-order valence-corrected chi connectivity index (χ0v) is 26.6. The van der Waals surface area contributed by atoms with Crippen molar-refractivity contribution >= 4 is 34.8 Å². The molecule has 1 aliphatic heterocycles. The molecule has 46 heavy (non-hydrogen) atoms. The number of nitrogens with zero attached hydrogens (tertiary/aromatic N) is 6. The summed E-state index contributed by atoms with van der Waals surface area (Å²) in [4.78, 5) is 32.4. The van der Waals surface area contributed by atoms with Crippen molar-refractivity contribution in [1.29, 1.82) is 0 Å². The average molecular weight is 640 g/mol. The van der Waals surface area contributed by atoms with Crippen LogP contribution in [0.15, 0.2) is 72.8 Å². The molecule has 1 atom stereocenters. The monoisotopic (exact) mass is 639 g/mol. The fourth-order valence-corrected chi connectivity index (χ4v) is 6.21. The number of ether oxygens (including phenoxy) is 1. The number of carbonyl (C=O) groups is 1. The van der Waals surface area contributed by atoms with Gasteiger partial charge in [-0.15, -0.1) is 10.2 Å². The largest absolute Gasteiger partial charge is 0.454 e. The molecule has 1 fully saturated rings. The van der Waals surface area contributed by atoms with Crippen molar-refractivity contribution in [2.75, 3.05) is 6.54 Å². The number of unbranched alkanes of at least 4 members (excludes halogenated alkanes) is 5. The number of tetrazole rings is 1. The lowest BCUT2D eigenvalue weighted by atomic mass is 9.90. The van der Waals surface area contributed by atoms with Crippen LogP contribution < -0.4 is 14.4 Å². The van der Waals surface area contributed by atoms with Gasteiger partial charge >= 0.3 is 5.97 Å². The molecule has 3 heterocycles. The molecule has 0 unspecified atom stereocenters. The standard InChI is InChI=1S/C34H37N7O4S/c1-2-3-4-5-6-11-21-34(22-12-23-40(34)44-26-19-17-25(18-20-26)43-24-46)33(42)45-41-30-16-10-9-15-29(30)35-32(41)28-14-8-7-13-27(28)31-36-38-39-37-31/h7-10,13-20,24H,2-6,11-12,21-23H2,1H3,(H,36,37,38,39)/t34-/m0/s1. The fraction of sp³-hybridized carbons (Fsp3) is 0.353. The SMILES string of the molecule is CCCCCCCC[C@@]1(C(=O)On2c(-c3ccccc3-c3nnn[nH]3)nc3ccccc32)CCCN1Oc1ccc(OC=S)cc1. The third-order valence-corrected chi connectivity index (χ3v) is 8.53. The molecule has 11 nitrogen and oxygen atoms in total. The number of hydrogen-bond donors (Lipinski definition) is 1. The molecule has 1 aliphatic rings. The molecule has 0 spiro atoms. The van der Waals surface area contributed by atoms with Gasteiger partial charge in [-0.2, -0.15) is 4.73 Å². The number of nitrogens with one attached hydrogen (secondary N) is 1. The molecule has 6 rings (SSSR count). The number of fused-ring (bicyclic) bond motifs is 1. The van der Waals surface area contributed by atoms with E-state index < -0.39 is 5.54 Å². The van der Waals surface area contributed by atoms with Gasteiger partial charge in [0.15, 0.2) is 22.7 Å². The molecule has 0 amide bonds. The van der Waals surface area contributed by atoms with E-state index in [1.807, 2.05) is 65.7 Å². The molecule has 0 bridgehead atoms. The minimum atomic E-state index is -0.995. The van der Waals surface area contributed by atoms with E-state index in [9.17, 15) is 4.79 Å². The molecule has 3 aromatic carbocycles. The molecule has 0 saturated carbocycles. The Balaban J connectivity index is 1.34. The third-order valence-electron chi connectivity index (χ3n) is 8.44. The molecular formula is C34H37N7O4S. The minimum absolute atomic E-state index is 0.387. The number of para-hydroxylation sites is 2. The van der Waals surface area contributed by atoms with Gasteiger partial charge in [0.25, 0.3) is 0 Å². The number of hydrogen-bond acceptors (Lipinski definition) is 10. The number of aromatic nitrogens is 6. The van der Waals surface area contributed by atoms with Gasteiger partial charge in [-0.25, -0.2) is 14.9 Å². The van der Waals surface area contributed by atoms with Crippen LogP contribution in [-0.2, 0) is 4.79 Å². The molecule has 0 radical (unpaired) electrons. The molecule has 238 valence electrons. The van der Waals surface area contributed by atoms with Gasteiger partial charge in [-0.05, 0) is 78.3 Å². The smallest absolute Gasteiger partial charge is 0.356 e. The van der Waals surface area contributed by atoms with Crippen LogP contribution in [0.2, 0.25) is 0 Å². The summed E-state index contributed by atoms with van der Waals surface area (Å²) < 4.78 is 6.84. The van der Waals surface area contributed by atoms with Gasteiger partial charge in [0.05, 0.1) is 5.52 Å². The quantitative estimate of drug-likeness (QED) is 0.0972. The van der Waals surface area contributed by atoms with Crippen molar-refractivity contribution in [2.45, 2.75) is 70.3 Å². The first-order chi connectivity index (χ1) is 22.6. The summed E-state index contributed by atoms with van der Waals surface area (Å²) >= 11 is 4.80. The lowest BCUT2D eigenvalue weighted by molar-refractivity contribution is -0.181. The van der Waals surface area contributed by atoms with E-state index in [0.29, 0.717) is 59.1 Å². The predicted octanol–water partition coefficient (Wildman–Crippen LogP) is 6.75. The normalized spacial score (nSPS) is 16.5. The highest BCUT2D eigenvalue weighted by Gasteiger charge is 2.51. The maximum atomic E-state index is 14.6. The second-order valence-corrected chi connectivity index (χ2v) is 11.6. The van der Waals surface area contributed by atoms with Gasteiger partial charge in [0, 0.05) is 17.7 Å². The fourth-order valence-electron chi connectivity index (χ4n) is 6.09. The van der Waals surface area contributed by atoms with E-state index in [1.54, 1.807) is 12.1 Å². The van der Waals surface area contributed by atoms with Crippen LogP contribution >= 0.6 is 12.2 Å². The molecule has 0 aliphatic carbocycles. The maximum Gasteiger partial charge on any atom is 0.356 e. The topological polar surface area (TPSA) is 120 Å². The van der Waals surface area contributed by atoms with Crippen LogP contribution in [0.3, 0.4) is 0 Å². The van der Waals surface area contributed by atoms with Crippen LogP contribution in [0, 0.1) is 0 Å². The van der Waals surface area contributed by atoms with Gasteiger partial charge in [0.1, 0.15) is 17.0 Å². The number of thiocarbonyl (C=S) groups is 1. The highest BCUT2D eigenvalue weighted by Crippen LogP contribution is 2.38. The molecule has 2 aromatic heterocycles. The first kappa shape index (κ1) is 31.3. The number of imidazole rings is 1. The number of aromatic amines is 1. The lowest BCUT2D eigenvalue weighted by Crippen LogP contribution is -2.55. The summed E-state index contributed by atoms with van der Waals surface area (Å²) in [5.74, 6) is 1.78. The third kappa shape index (κ3) is 6.63. The highest BCUT2D eigenvalue weighted by molar-refractivity contribution is 7.78. The Kier molecular flexibility index (Phi) is 9.94. The Labute approximate surface area is 272 Å². The molecule has 12 heteroatoms. The van der Waals surface area contributed by atoms with Crippen molar-refractivity contribution < 1.29 is 19.2 Å². The second-order valence-electron chi connectivity index (χ2n) is 11.4. The van der Waals surface area contributed by atoms with E-state index in [-0.39, 0.29) is 5.97 Å². The van der Waals surface area contributed by atoms with Crippen LogP contribution in [0.5, 0.6) is 11.5 Å². The summed E-state index contributed by atoms with van der Waals surface area (Å²) in [5.41, 5.74) is 3.03. The van der Waals surface area contributed by atoms with Crippen LogP contribution in [-0.4, -0.2) is 59.0 Å². The summed E-state index contributed by atoms with van der Waals surface area (Å²) in [6.07, 6.45) is 8.62. The minimum Gasteiger partial charge on any atom is -0.454 e. The van der Waals surface area contributed by atoms with Crippen molar-refractivity contribution in [2.24, 2.45) is 0 Å². The molecule has 5 aromatic rings. The van der Waals surface area contributed by atoms with E-state index in [1.165, 1.54) is 29.5 Å². The number of hydroxylamine groups is 2. The van der Waals surface area contributed by atoms with Crippen molar-refractivity contribution in [3.63, 3.8) is 0 Å². The predicted molar refractivity (Wildman–Crippen MR) is 178 cm³/mol. The van der Waals surface area contributed by atoms with E-state index in [4.69, 9.17) is 31.6 Å². The number of rotatable bonds is 15. The second kappa shape index (κ2) is 14.6. The maximum absolute atomic E-state index is 14.6. The molecule has 1 saturated heterocycles. The Morgan fingerprint density at radius 3 is 2.48 bits per heavy atom. The first-order valence-corrected chi connectivity index (χ1v) is 16.3. The van der Waals surface area contributed by atoms with Gasteiger partial charge < -0.3 is 14.4 Å². The number of carbonyl (C=O) groups excluding carboxylic acids is 1. The van der Waals surface area contributed by atoms with Crippen LogP contribution in [0.4, 0.5) is 0 Å². The Morgan fingerprint density at radius 2 is 1.70 bits per heavy atom. The van der Waals surface area contributed by atoms with Crippen molar-refractivity contribution in [3.8, 4) is 34.3 Å². The van der Waals surface area contributed by atoms with Gasteiger partial charge in [-0.3, -0.25) is 0 Å². The van der Waals surface area contributed by atoms with E-state index in [2.05, 4.69) is 27.5 Å². The summed E-state index contributed by atoms with van der Waals surface area (Å²) in [7, 11) is 0. The first-order valence-electron chi connectivity index (χ1n) is 15.8. The van der Waals surface area contributed by atoms with Crippen molar-refractivity contribution in [3.05, 3.63) is 72.8 Å². The average Bonchev–Trinajstić information content (AvgIpc) is 3.84. The molecular weight excluding hydrogens is 602 g/mol. The van der Waals surface area contributed by atoms with E-state index in [0.717, 1.165) is 31.2 Å². The van der Waals surface area contributed by atoms with Gasteiger partial charge in [0.2, 0.25) is 0 Å². The summed E-state index contributed by atoms with van der Waals surface area (Å²) in [6, 6.07) is 22.4. The van der Waals surface area contributed by atoms with Crippen LogP contribution in [0.25, 0.3) is 33.8 Å². The van der Waals surface area contributed by atoms with Gasteiger partial charge in [-0.1, -0.05) is 81.8 Å². The molecule has 1 N–H and O–H groups in total. The number of benzene rings is 3. The lowest BCUT2D eigenvalue weighted by Gasteiger charge is -2.35. The van der Waals surface area contributed by atoms with Crippen molar-refractivity contribution in [1.82, 2.24) is 35.4 Å². The summed E-state index contributed by atoms with van der Waals surface area (Å²) in [6.45, 7) is 2.80. The Bertz CT molecular complexity index is 1760. The number of H-pyrrole nitrogens is 1. The highest BCUT2D eigenvalue weighted by atomic mass is 32.1. The zero-order valence-electron chi connectivity index (χ0n) is 25.8. The Morgan fingerprint density at radius 1 is 0.957 bits per heavy atom. The summed E-state index contributed by atoms with van der Waals surface area (Å²) in [5, 5.41) is 16.3. The zero-order chi connectivity index (χ0) is 31.8. The Hall–Kier alpha value is -4.68. The van der Waals surface area contributed by atoms with E-state index >= 15 is 0 Å².